The number of nitrogens with zero attached hydrogens (tertiary/aromatic N) is 1. The molecule has 1 fully saturated rings. The van der Waals surface area contributed by atoms with E-state index in [0.717, 1.165) is 36.3 Å². The topological polar surface area (TPSA) is 62.6 Å². The second-order valence-electron chi connectivity index (χ2n) is 7.44. The van der Waals surface area contributed by atoms with Crippen molar-refractivity contribution in [2.75, 3.05) is 19.6 Å². The van der Waals surface area contributed by atoms with Crippen LogP contribution in [-0.4, -0.2) is 36.3 Å². The van der Waals surface area contributed by atoms with Crippen LogP contribution in [-0.2, 0) is 10.5 Å². The Kier molecular flexibility index (Phi) is 8.23. The molecule has 2 aromatic rings. The van der Waals surface area contributed by atoms with E-state index in [1.54, 1.807) is 18.0 Å². The number of furan rings is 1. The summed E-state index contributed by atoms with van der Waals surface area (Å²) in [5.41, 5.74) is 0.916. The molecule has 3 rings (SSSR count). The first kappa shape index (κ1) is 21.5. The summed E-state index contributed by atoms with van der Waals surface area (Å²) in [4.78, 5) is 28.2. The standard InChI is InChI=1S/C23H30N2O3S/c1-2-3-7-13-24-22(26)18-10-14-25(15-11-18)23(27)21-19(12-16-28-21)17-29-20-8-5-4-6-9-20/h4-6,8-9,12,16,18H,2-3,7,10-11,13-15,17H2,1H3,(H,24,26). The minimum absolute atomic E-state index is 0.00499. The number of amides is 2. The normalized spacial score (nSPS) is 14.7. The summed E-state index contributed by atoms with van der Waals surface area (Å²) in [5, 5.41) is 3.04. The Morgan fingerprint density at radius 2 is 1.90 bits per heavy atom. The molecule has 0 unspecified atom stereocenters. The summed E-state index contributed by atoms with van der Waals surface area (Å²) in [6.07, 6.45) is 6.32. The van der Waals surface area contributed by atoms with Crippen molar-refractivity contribution in [3.05, 3.63) is 54.0 Å². The fourth-order valence-electron chi connectivity index (χ4n) is 3.53. The van der Waals surface area contributed by atoms with Crippen LogP contribution in [0, 0.1) is 5.92 Å². The molecule has 1 aromatic heterocycles. The average Bonchev–Trinajstić information content (AvgIpc) is 3.24. The number of nitrogens with one attached hydrogen (secondary N) is 1. The highest BCUT2D eigenvalue weighted by Gasteiger charge is 2.29. The number of thioether (sulfide) groups is 1. The monoisotopic (exact) mass is 414 g/mol. The highest BCUT2D eigenvalue weighted by Crippen LogP contribution is 2.27. The van der Waals surface area contributed by atoms with E-state index in [4.69, 9.17) is 4.42 Å². The minimum atomic E-state index is -0.0690. The van der Waals surface area contributed by atoms with Crippen molar-refractivity contribution >= 4 is 23.6 Å². The number of unbranched alkanes of at least 4 members (excludes halogenated alkanes) is 2. The van der Waals surface area contributed by atoms with Gasteiger partial charge in [0.1, 0.15) is 0 Å². The molecule has 1 aliphatic rings. The van der Waals surface area contributed by atoms with Crippen LogP contribution in [0.1, 0.15) is 55.1 Å². The zero-order valence-corrected chi connectivity index (χ0v) is 17.9. The first-order valence-corrected chi connectivity index (χ1v) is 11.5. The predicted octanol–water partition coefficient (Wildman–Crippen LogP) is 4.73. The molecule has 0 aliphatic carbocycles. The van der Waals surface area contributed by atoms with Gasteiger partial charge in [0.15, 0.2) is 5.76 Å². The SMILES string of the molecule is CCCCCNC(=O)C1CCN(C(=O)c2occc2CSc2ccccc2)CC1. The van der Waals surface area contributed by atoms with Gasteiger partial charge in [-0.3, -0.25) is 9.59 Å². The number of hydrogen-bond donors (Lipinski definition) is 1. The van der Waals surface area contributed by atoms with E-state index in [1.165, 1.54) is 0 Å². The Hall–Kier alpha value is -2.21. The van der Waals surface area contributed by atoms with Crippen molar-refractivity contribution in [1.82, 2.24) is 10.2 Å². The molecule has 2 heterocycles. The average molecular weight is 415 g/mol. The maximum Gasteiger partial charge on any atom is 0.289 e. The van der Waals surface area contributed by atoms with Crippen LogP contribution in [0.2, 0.25) is 0 Å². The number of hydrogen-bond acceptors (Lipinski definition) is 4. The summed E-state index contributed by atoms with van der Waals surface area (Å²) in [7, 11) is 0. The lowest BCUT2D eigenvalue weighted by molar-refractivity contribution is -0.126. The minimum Gasteiger partial charge on any atom is -0.459 e. The molecule has 5 nitrogen and oxygen atoms in total. The summed E-state index contributed by atoms with van der Waals surface area (Å²) >= 11 is 1.69. The molecule has 0 saturated carbocycles. The van der Waals surface area contributed by atoms with Crippen LogP contribution in [0.4, 0.5) is 0 Å². The molecule has 29 heavy (non-hydrogen) atoms. The molecule has 1 aromatic carbocycles. The largest absolute Gasteiger partial charge is 0.459 e. The molecule has 0 bridgehead atoms. The highest BCUT2D eigenvalue weighted by molar-refractivity contribution is 7.98. The van der Waals surface area contributed by atoms with Gasteiger partial charge in [0.05, 0.1) is 6.26 Å². The van der Waals surface area contributed by atoms with Gasteiger partial charge in [-0.2, -0.15) is 0 Å². The maximum atomic E-state index is 12.9. The van der Waals surface area contributed by atoms with E-state index in [0.29, 0.717) is 37.4 Å². The summed E-state index contributed by atoms with van der Waals surface area (Å²) < 4.78 is 5.53. The molecule has 0 radical (unpaired) electrons. The van der Waals surface area contributed by atoms with E-state index in [9.17, 15) is 9.59 Å². The molecule has 1 saturated heterocycles. The smallest absolute Gasteiger partial charge is 0.289 e. The van der Waals surface area contributed by atoms with Crippen LogP contribution >= 0.6 is 11.8 Å². The van der Waals surface area contributed by atoms with Gasteiger partial charge >= 0.3 is 0 Å². The summed E-state index contributed by atoms with van der Waals surface area (Å²) in [6.45, 7) is 4.09. The van der Waals surface area contributed by atoms with E-state index in [1.807, 2.05) is 29.2 Å². The summed E-state index contributed by atoms with van der Waals surface area (Å²) in [6, 6.07) is 12.0. The van der Waals surface area contributed by atoms with Gasteiger partial charge in [-0.05, 0) is 37.5 Å². The number of rotatable bonds is 9. The fraction of sp³-hybridized carbons (Fsp3) is 0.478. The molecule has 1 N–H and O–H groups in total. The van der Waals surface area contributed by atoms with Crippen molar-refractivity contribution in [2.45, 2.75) is 49.7 Å². The van der Waals surface area contributed by atoms with Gasteiger partial charge in [-0.25, -0.2) is 0 Å². The first-order valence-electron chi connectivity index (χ1n) is 10.5. The highest BCUT2D eigenvalue weighted by atomic mass is 32.2. The van der Waals surface area contributed by atoms with Crippen molar-refractivity contribution in [2.24, 2.45) is 5.92 Å². The third-order valence-corrected chi connectivity index (χ3v) is 6.37. The molecular formula is C23H30N2O3S. The molecular weight excluding hydrogens is 384 g/mol. The quantitative estimate of drug-likeness (QED) is 0.476. The van der Waals surface area contributed by atoms with Crippen LogP contribution < -0.4 is 5.32 Å². The summed E-state index contributed by atoms with van der Waals surface area (Å²) in [5.74, 6) is 1.19. The van der Waals surface area contributed by atoms with Gasteiger partial charge < -0.3 is 14.6 Å². The molecule has 2 amide bonds. The van der Waals surface area contributed by atoms with E-state index in [2.05, 4.69) is 24.4 Å². The van der Waals surface area contributed by atoms with Gasteiger partial charge in [-0.1, -0.05) is 38.0 Å². The Bertz CT molecular complexity index is 782. The Morgan fingerprint density at radius 3 is 2.62 bits per heavy atom. The Morgan fingerprint density at radius 1 is 1.14 bits per heavy atom. The molecule has 1 aliphatic heterocycles. The molecule has 0 atom stereocenters. The van der Waals surface area contributed by atoms with Crippen LogP contribution in [0.3, 0.4) is 0 Å². The van der Waals surface area contributed by atoms with Gasteiger partial charge in [0.25, 0.3) is 5.91 Å². The zero-order valence-electron chi connectivity index (χ0n) is 17.1. The van der Waals surface area contributed by atoms with E-state index < -0.39 is 0 Å². The number of carbonyl (C=O) groups is 2. The second-order valence-corrected chi connectivity index (χ2v) is 8.49. The van der Waals surface area contributed by atoms with Crippen molar-refractivity contribution in [1.29, 1.82) is 0 Å². The first-order chi connectivity index (χ1) is 14.2. The van der Waals surface area contributed by atoms with Crippen molar-refractivity contribution in [3.8, 4) is 0 Å². The number of carbonyl (C=O) groups excluding carboxylic acids is 2. The van der Waals surface area contributed by atoms with Gasteiger partial charge in [-0.15, -0.1) is 11.8 Å². The second kappa shape index (κ2) is 11.1. The molecule has 156 valence electrons. The lowest BCUT2D eigenvalue weighted by atomic mass is 9.95. The van der Waals surface area contributed by atoms with Gasteiger partial charge in [0.2, 0.25) is 5.91 Å². The van der Waals surface area contributed by atoms with E-state index in [-0.39, 0.29) is 17.7 Å². The molecule has 6 heteroatoms. The maximum absolute atomic E-state index is 12.9. The Balaban J connectivity index is 1.48. The van der Waals surface area contributed by atoms with Gasteiger partial charge in [0, 0.05) is 41.8 Å². The third-order valence-electron chi connectivity index (χ3n) is 5.31. The number of piperidine rings is 1. The molecule has 0 spiro atoms. The van der Waals surface area contributed by atoms with Crippen molar-refractivity contribution in [3.63, 3.8) is 0 Å². The van der Waals surface area contributed by atoms with Crippen LogP contribution in [0.15, 0.2) is 52.0 Å². The van der Waals surface area contributed by atoms with E-state index >= 15 is 0 Å². The lowest BCUT2D eigenvalue weighted by Crippen LogP contribution is -2.43. The third kappa shape index (κ3) is 6.13. The van der Waals surface area contributed by atoms with Crippen LogP contribution in [0.5, 0.6) is 0 Å². The van der Waals surface area contributed by atoms with Crippen molar-refractivity contribution < 1.29 is 14.0 Å². The number of benzene rings is 1. The lowest BCUT2D eigenvalue weighted by Gasteiger charge is -2.31. The van der Waals surface area contributed by atoms with Crippen LogP contribution in [0.25, 0.3) is 0 Å². The predicted molar refractivity (Wildman–Crippen MR) is 116 cm³/mol. The zero-order chi connectivity index (χ0) is 20.5. The fourth-order valence-corrected chi connectivity index (χ4v) is 4.43. The number of likely N-dealkylation sites (tertiary alicyclic amines) is 1. The Labute approximate surface area is 177 Å².